The largest absolute Gasteiger partial charge is 2.00 e. The van der Waals surface area contributed by atoms with Gasteiger partial charge in [0.25, 0.3) is 0 Å². The first-order valence-electron chi connectivity index (χ1n) is 8.17. The van der Waals surface area contributed by atoms with Crippen molar-refractivity contribution in [2.45, 2.75) is 9.79 Å². The van der Waals surface area contributed by atoms with Gasteiger partial charge in [-0.1, -0.05) is 12.1 Å². The smallest absolute Gasteiger partial charge is 0.744 e. The Morgan fingerprint density at radius 2 is 1.03 bits per heavy atom. The van der Waals surface area contributed by atoms with Crippen LogP contribution in [0.4, 0.5) is 11.4 Å². The van der Waals surface area contributed by atoms with Crippen LogP contribution in [-0.4, -0.2) is 73.6 Å². The summed E-state index contributed by atoms with van der Waals surface area (Å²) in [6.07, 6.45) is 2.85. The van der Waals surface area contributed by atoms with Crippen molar-refractivity contribution in [2.24, 2.45) is 0 Å². The zero-order valence-electron chi connectivity index (χ0n) is 15.8. The summed E-state index contributed by atoms with van der Waals surface area (Å²) < 4.78 is 65.7. The van der Waals surface area contributed by atoms with Crippen LogP contribution < -0.4 is 11.5 Å². The molecule has 2 aromatic heterocycles. The van der Waals surface area contributed by atoms with Gasteiger partial charge in [0.05, 0.1) is 20.8 Å². The first-order chi connectivity index (χ1) is 14.0. The van der Waals surface area contributed by atoms with Crippen LogP contribution in [0, 0.1) is 0 Å². The molecular weight excluding hydrogens is 472 g/mol. The molecule has 0 atom stereocenters. The molecule has 2 heterocycles. The van der Waals surface area contributed by atoms with Gasteiger partial charge < -0.3 is 20.6 Å². The van der Waals surface area contributed by atoms with Crippen LogP contribution in [0.5, 0.6) is 0 Å². The van der Waals surface area contributed by atoms with Gasteiger partial charge in [-0.15, -0.1) is 0 Å². The van der Waals surface area contributed by atoms with Crippen molar-refractivity contribution in [3.05, 3.63) is 60.9 Å². The van der Waals surface area contributed by atoms with Crippen LogP contribution >= 0.6 is 0 Å². The first kappa shape index (κ1) is 25.2. The van der Waals surface area contributed by atoms with E-state index in [1.165, 1.54) is 12.4 Å². The molecule has 31 heavy (non-hydrogen) atoms. The van der Waals surface area contributed by atoms with E-state index in [1.807, 2.05) is 0 Å². The van der Waals surface area contributed by atoms with Crippen LogP contribution in [0.2, 0.25) is 0 Å². The van der Waals surface area contributed by atoms with Gasteiger partial charge in [-0.05, 0) is 36.4 Å². The maximum absolute atomic E-state index is 10.9. The van der Waals surface area contributed by atoms with Gasteiger partial charge in [0.15, 0.2) is 0 Å². The van der Waals surface area contributed by atoms with Gasteiger partial charge in [0, 0.05) is 34.5 Å². The quantitative estimate of drug-likeness (QED) is 0.235. The fourth-order valence-corrected chi connectivity index (χ4v) is 4.12. The summed E-state index contributed by atoms with van der Waals surface area (Å²) in [5.41, 5.74) is 11.7. The molecule has 0 saturated carbocycles. The van der Waals surface area contributed by atoms with E-state index in [1.54, 1.807) is 36.4 Å². The molecule has 0 fully saturated rings. The van der Waals surface area contributed by atoms with Gasteiger partial charge in [0.1, 0.15) is 20.2 Å². The molecule has 0 aliphatic heterocycles. The number of hydrogen-bond donors (Lipinski definition) is 2. The number of anilines is 2. The third kappa shape index (κ3) is 6.01. The van der Waals surface area contributed by atoms with Crippen LogP contribution in [0.15, 0.2) is 70.7 Å². The van der Waals surface area contributed by atoms with Crippen LogP contribution in [0.1, 0.15) is 0 Å². The minimum Gasteiger partial charge on any atom is -0.744 e. The second kappa shape index (κ2) is 9.61. The van der Waals surface area contributed by atoms with E-state index in [2.05, 4.69) is 9.97 Å². The Kier molecular flexibility index (Phi) is 7.81. The number of pyridine rings is 2. The molecule has 13 heteroatoms. The number of benzene rings is 2. The van der Waals surface area contributed by atoms with Crippen molar-refractivity contribution in [3.63, 3.8) is 0 Å². The Bertz CT molecular complexity index is 1360. The van der Waals surface area contributed by atoms with Crippen LogP contribution in [-0.2, 0) is 20.2 Å². The van der Waals surface area contributed by atoms with Crippen molar-refractivity contribution < 1.29 is 25.9 Å². The van der Waals surface area contributed by atoms with Gasteiger partial charge >= 0.3 is 37.7 Å². The summed E-state index contributed by atoms with van der Waals surface area (Å²) in [5, 5.41) is 1.07. The summed E-state index contributed by atoms with van der Waals surface area (Å²) in [6, 6.07) is 12.0. The fourth-order valence-electron chi connectivity index (χ4n) is 2.74. The van der Waals surface area contributed by atoms with Crippen molar-refractivity contribution in [3.8, 4) is 0 Å². The summed E-state index contributed by atoms with van der Waals surface area (Å²) in [6.45, 7) is 0. The van der Waals surface area contributed by atoms with Gasteiger partial charge in [-0.25, -0.2) is 16.8 Å². The molecule has 4 N–H and O–H groups in total. The third-order valence-electron chi connectivity index (χ3n) is 3.92. The molecule has 0 amide bonds. The number of nitrogen functional groups attached to an aromatic ring is 2. The summed E-state index contributed by atoms with van der Waals surface area (Å²) in [7, 11) is -9.09. The Labute approximate surface area is 207 Å². The number of nitrogens with zero attached hydrogens (tertiary/aromatic N) is 2. The van der Waals surface area contributed by atoms with E-state index >= 15 is 0 Å². The third-order valence-corrected chi connectivity index (χ3v) is 5.62. The molecular formula is C18H14CaN4O6S2. The van der Waals surface area contributed by atoms with E-state index in [9.17, 15) is 25.9 Å². The molecule has 4 rings (SSSR count). The minimum atomic E-state index is -4.54. The summed E-state index contributed by atoms with van der Waals surface area (Å²) >= 11 is 0. The molecule has 0 saturated heterocycles. The molecule has 0 unspecified atom stereocenters. The number of fused-ring (bicyclic) bond motifs is 2. The Morgan fingerprint density at radius 1 is 0.677 bits per heavy atom. The Morgan fingerprint density at radius 3 is 1.35 bits per heavy atom. The van der Waals surface area contributed by atoms with Crippen molar-refractivity contribution in [1.82, 2.24) is 9.97 Å². The maximum atomic E-state index is 10.9. The van der Waals surface area contributed by atoms with Crippen molar-refractivity contribution in [2.75, 3.05) is 11.5 Å². The Balaban J connectivity index is 0.000000213. The zero-order valence-corrected chi connectivity index (χ0v) is 19.6. The first-order valence-corrected chi connectivity index (χ1v) is 11.0. The predicted octanol–water partition coefficient (Wildman–Crippen LogP) is 1.06. The molecule has 156 valence electrons. The average Bonchev–Trinajstić information content (AvgIpc) is 2.65. The molecule has 0 bridgehead atoms. The van der Waals surface area contributed by atoms with E-state index in [0.29, 0.717) is 10.8 Å². The number of aromatic nitrogens is 2. The van der Waals surface area contributed by atoms with Crippen molar-refractivity contribution >= 4 is 91.2 Å². The second-order valence-electron chi connectivity index (χ2n) is 6.10. The second-order valence-corrected chi connectivity index (χ2v) is 8.79. The molecule has 0 aliphatic rings. The molecule has 0 spiro atoms. The fraction of sp³-hybridized carbons (Fsp3) is 0. The topological polar surface area (TPSA) is 192 Å². The minimum absolute atomic E-state index is 0. The average molecular weight is 487 g/mol. The molecule has 2 aromatic carbocycles. The Hall–Kier alpha value is -2.06. The van der Waals surface area contributed by atoms with Crippen molar-refractivity contribution in [1.29, 1.82) is 0 Å². The standard InChI is InChI=1S/2C9H8N2O3S.Ca/c2*10-7-4-6-2-1-3-11-9(6)8(5-7)15(12,13)14;/h2*1-5H,10H2,(H,12,13,14);/q;;+2/p-2. The molecule has 4 aromatic rings. The molecule has 0 aliphatic carbocycles. The summed E-state index contributed by atoms with van der Waals surface area (Å²) in [5.74, 6) is 0. The number of hydrogen-bond acceptors (Lipinski definition) is 10. The van der Waals surface area contributed by atoms with Crippen LogP contribution in [0.3, 0.4) is 0 Å². The maximum Gasteiger partial charge on any atom is 2.00 e. The summed E-state index contributed by atoms with van der Waals surface area (Å²) in [4.78, 5) is 6.95. The van der Waals surface area contributed by atoms with E-state index in [0.717, 1.165) is 12.1 Å². The van der Waals surface area contributed by atoms with E-state index < -0.39 is 20.2 Å². The molecule has 0 radical (unpaired) electrons. The normalized spacial score (nSPS) is 11.4. The number of rotatable bonds is 2. The van der Waals surface area contributed by atoms with Gasteiger partial charge in [-0.2, -0.15) is 0 Å². The van der Waals surface area contributed by atoms with Gasteiger partial charge in [-0.3, -0.25) is 9.97 Å². The monoisotopic (exact) mass is 486 g/mol. The SMILES string of the molecule is Nc1cc(S(=O)(=O)[O-])c2ncccc2c1.Nc1cc(S(=O)(=O)[O-])c2ncccc2c1.[Ca+2]. The number of nitrogens with two attached hydrogens (primary N) is 2. The van der Waals surface area contributed by atoms with Gasteiger partial charge in [0.2, 0.25) is 0 Å². The van der Waals surface area contributed by atoms with E-state index in [4.69, 9.17) is 11.5 Å². The zero-order chi connectivity index (χ0) is 22.1. The predicted molar refractivity (Wildman–Crippen MR) is 114 cm³/mol. The van der Waals surface area contributed by atoms with E-state index in [-0.39, 0.29) is 69.9 Å². The van der Waals surface area contributed by atoms with Crippen LogP contribution in [0.25, 0.3) is 21.8 Å². The molecule has 10 nitrogen and oxygen atoms in total.